The summed E-state index contributed by atoms with van der Waals surface area (Å²) in [4.78, 5) is 25.4. The number of likely N-dealkylation sites (N-methyl/N-ethyl adjacent to an activating group) is 1. The highest BCUT2D eigenvalue weighted by molar-refractivity contribution is 7.09. The predicted molar refractivity (Wildman–Crippen MR) is 83.1 cm³/mol. The van der Waals surface area contributed by atoms with Gasteiger partial charge < -0.3 is 4.90 Å². The van der Waals surface area contributed by atoms with E-state index >= 15 is 0 Å². The fourth-order valence-corrected chi connectivity index (χ4v) is 2.75. The van der Waals surface area contributed by atoms with Gasteiger partial charge in [0.25, 0.3) is 11.6 Å². The average Bonchev–Trinajstić information content (AvgIpc) is 2.96. The van der Waals surface area contributed by atoms with Crippen molar-refractivity contribution < 1.29 is 9.72 Å². The van der Waals surface area contributed by atoms with E-state index in [2.05, 4.69) is 0 Å². The van der Waals surface area contributed by atoms with Crippen molar-refractivity contribution >= 4 is 34.5 Å². The molecule has 7 heteroatoms. The van der Waals surface area contributed by atoms with Crippen LogP contribution in [0.25, 0.3) is 0 Å². The molecule has 0 bridgehead atoms. The zero-order valence-corrected chi connectivity index (χ0v) is 12.9. The van der Waals surface area contributed by atoms with Gasteiger partial charge in [0.1, 0.15) is 5.56 Å². The van der Waals surface area contributed by atoms with Crippen LogP contribution in [0.15, 0.2) is 35.7 Å². The Morgan fingerprint density at radius 2 is 2.19 bits per heavy atom. The minimum absolute atomic E-state index is 0.0150. The van der Waals surface area contributed by atoms with Crippen molar-refractivity contribution in [3.8, 4) is 0 Å². The van der Waals surface area contributed by atoms with E-state index in [1.54, 1.807) is 18.4 Å². The molecule has 0 N–H and O–H groups in total. The zero-order chi connectivity index (χ0) is 15.4. The van der Waals surface area contributed by atoms with Gasteiger partial charge >= 0.3 is 0 Å². The lowest BCUT2D eigenvalue weighted by molar-refractivity contribution is -0.385. The first-order valence-electron chi connectivity index (χ1n) is 6.21. The molecule has 0 aliphatic carbocycles. The summed E-state index contributed by atoms with van der Waals surface area (Å²) in [6, 6.07) is 7.93. The van der Waals surface area contributed by atoms with Crippen molar-refractivity contribution in [1.82, 2.24) is 4.90 Å². The van der Waals surface area contributed by atoms with Gasteiger partial charge in [-0.2, -0.15) is 0 Å². The number of carbonyl (C=O) groups excluding carboxylic acids is 1. The van der Waals surface area contributed by atoms with Crippen LogP contribution in [0.3, 0.4) is 0 Å². The standard InChI is InChI=1S/C14H13ClN2O3S/c1-16(7-6-11-3-2-8-21-11)14(18)12-9-10(15)4-5-13(12)17(19)20/h2-5,8-9H,6-7H2,1H3. The fourth-order valence-electron chi connectivity index (χ4n) is 1.88. The van der Waals surface area contributed by atoms with E-state index in [9.17, 15) is 14.9 Å². The predicted octanol–water partition coefficient (Wildman–Crippen LogP) is 3.62. The van der Waals surface area contributed by atoms with E-state index in [-0.39, 0.29) is 11.3 Å². The molecule has 0 radical (unpaired) electrons. The molecular weight excluding hydrogens is 312 g/mol. The van der Waals surface area contributed by atoms with Gasteiger partial charge in [-0.15, -0.1) is 11.3 Å². The van der Waals surface area contributed by atoms with Crippen molar-refractivity contribution in [3.05, 3.63) is 61.3 Å². The third kappa shape index (κ3) is 3.80. The maximum atomic E-state index is 12.3. The third-order valence-electron chi connectivity index (χ3n) is 3.01. The quantitative estimate of drug-likeness (QED) is 0.623. The highest BCUT2D eigenvalue weighted by Crippen LogP contribution is 2.24. The van der Waals surface area contributed by atoms with E-state index in [4.69, 9.17) is 11.6 Å². The van der Waals surface area contributed by atoms with Crippen LogP contribution >= 0.6 is 22.9 Å². The lowest BCUT2D eigenvalue weighted by atomic mass is 10.1. The summed E-state index contributed by atoms with van der Waals surface area (Å²) >= 11 is 7.45. The van der Waals surface area contributed by atoms with Gasteiger partial charge in [0.2, 0.25) is 0 Å². The number of amides is 1. The Kier molecular flexibility index (Phi) is 4.93. The van der Waals surface area contributed by atoms with Crippen molar-refractivity contribution in [2.75, 3.05) is 13.6 Å². The van der Waals surface area contributed by atoms with Crippen molar-refractivity contribution in [2.45, 2.75) is 6.42 Å². The number of halogens is 1. The maximum Gasteiger partial charge on any atom is 0.282 e. The van der Waals surface area contributed by atoms with Gasteiger partial charge in [0, 0.05) is 29.6 Å². The Morgan fingerprint density at radius 1 is 1.43 bits per heavy atom. The molecule has 5 nitrogen and oxygen atoms in total. The Morgan fingerprint density at radius 3 is 2.81 bits per heavy atom. The van der Waals surface area contributed by atoms with Gasteiger partial charge in [0.05, 0.1) is 4.92 Å². The summed E-state index contributed by atoms with van der Waals surface area (Å²) in [5.41, 5.74) is -0.214. The van der Waals surface area contributed by atoms with E-state index < -0.39 is 10.8 Å². The van der Waals surface area contributed by atoms with Crippen LogP contribution in [0.1, 0.15) is 15.2 Å². The van der Waals surface area contributed by atoms with Gasteiger partial charge in [0.15, 0.2) is 0 Å². The summed E-state index contributed by atoms with van der Waals surface area (Å²) in [6.45, 7) is 0.489. The summed E-state index contributed by atoms with van der Waals surface area (Å²) in [5.74, 6) is -0.402. The second-order valence-corrected chi connectivity index (χ2v) is 5.94. The molecule has 1 amide bonds. The molecule has 0 saturated heterocycles. The highest BCUT2D eigenvalue weighted by atomic mass is 35.5. The SMILES string of the molecule is CN(CCc1cccs1)C(=O)c1cc(Cl)ccc1[N+](=O)[O-]. The zero-order valence-electron chi connectivity index (χ0n) is 11.3. The highest BCUT2D eigenvalue weighted by Gasteiger charge is 2.23. The molecule has 110 valence electrons. The Bertz CT molecular complexity index is 658. The molecule has 0 saturated carbocycles. The van der Waals surface area contributed by atoms with Crippen LogP contribution in [0.2, 0.25) is 5.02 Å². The molecular formula is C14H13ClN2O3S. The largest absolute Gasteiger partial charge is 0.341 e. The van der Waals surface area contributed by atoms with Crippen LogP contribution < -0.4 is 0 Å². The third-order valence-corrected chi connectivity index (χ3v) is 4.18. The molecule has 0 aliphatic rings. The smallest absolute Gasteiger partial charge is 0.282 e. The first kappa shape index (κ1) is 15.5. The molecule has 0 spiro atoms. The molecule has 0 unspecified atom stereocenters. The molecule has 0 aliphatic heterocycles. The van der Waals surface area contributed by atoms with E-state index in [0.717, 1.165) is 4.88 Å². The van der Waals surface area contributed by atoms with Crippen LogP contribution in [0, 0.1) is 10.1 Å². The van der Waals surface area contributed by atoms with E-state index in [0.29, 0.717) is 18.0 Å². The fraction of sp³-hybridized carbons (Fsp3) is 0.214. The molecule has 1 aromatic heterocycles. The molecule has 21 heavy (non-hydrogen) atoms. The normalized spacial score (nSPS) is 10.4. The van der Waals surface area contributed by atoms with Crippen molar-refractivity contribution in [2.24, 2.45) is 0 Å². The van der Waals surface area contributed by atoms with Gasteiger partial charge in [-0.3, -0.25) is 14.9 Å². The number of carbonyl (C=O) groups is 1. The summed E-state index contributed by atoms with van der Waals surface area (Å²) in [7, 11) is 1.63. The number of nitro groups is 1. The number of benzene rings is 1. The number of nitrogens with zero attached hydrogens (tertiary/aromatic N) is 2. The molecule has 0 atom stereocenters. The Labute approximate surface area is 130 Å². The molecule has 2 rings (SSSR count). The molecule has 0 fully saturated rings. The van der Waals surface area contributed by atoms with Crippen molar-refractivity contribution in [1.29, 1.82) is 0 Å². The number of rotatable bonds is 5. The minimum atomic E-state index is -0.573. The summed E-state index contributed by atoms with van der Waals surface area (Å²) in [6.07, 6.45) is 0.717. The Hall–Kier alpha value is -1.92. The second kappa shape index (κ2) is 6.69. The van der Waals surface area contributed by atoms with Crippen LogP contribution in [0.4, 0.5) is 5.69 Å². The second-order valence-electron chi connectivity index (χ2n) is 4.47. The van der Waals surface area contributed by atoms with Gasteiger partial charge in [-0.1, -0.05) is 17.7 Å². The average molecular weight is 325 g/mol. The first-order chi connectivity index (χ1) is 9.99. The van der Waals surface area contributed by atoms with Gasteiger partial charge in [-0.05, 0) is 30.0 Å². The first-order valence-corrected chi connectivity index (χ1v) is 7.46. The number of hydrogen-bond acceptors (Lipinski definition) is 4. The lowest BCUT2D eigenvalue weighted by Gasteiger charge is -2.16. The number of hydrogen-bond donors (Lipinski definition) is 0. The minimum Gasteiger partial charge on any atom is -0.341 e. The maximum absolute atomic E-state index is 12.3. The number of nitro benzene ring substituents is 1. The monoisotopic (exact) mass is 324 g/mol. The van der Waals surface area contributed by atoms with Crippen molar-refractivity contribution in [3.63, 3.8) is 0 Å². The van der Waals surface area contributed by atoms with E-state index in [1.165, 1.54) is 23.1 Å². The number of thiophene rings is 1. The van der Waals surface area contributed by atoms with E-state index in [1.807, 2.05) is 17.5 Å². The summed E-state index contributed by atoms with van der Waals surface area (Å²) < 4.78 is 0. The lowest BCUT2D eigenvalue weighted by Crippen LogP contribution is -2.29. The molecule has 1 heterocycles. The Balaban J connectivity index is 2.15. The molecule has 1 aromatic carbocycles. The summed E-state index contributed by atoms with van der Waals surface area (Å²) in [5, 5.41) is 13.3. The topological polar surface area (TPSA) is 63.5 Å². The molecule has 2 aromatic rings. The van der Waals surface area contributed by atoms with Crippen LogP contribution in [-0.4, -0.2) is 29.3 Å². The van der Waals surface area contributed by atoms with Crippen LogP contribution in [-0.2, 0) is 6.42 Å². The van der Waals surface area contributed by atoms with Gasteiger partial charge in [-0.25, -0.2) is 0 Å². The van der Waals surface area contributed by atoms with Crippen LogP contribution in [0.5, 0.6) is 0 Å².